The quantitative estimate of drug-likeness (QED) is 0.458. The van der Waals surface area contributed by atoms with E-state index in [-0.39, 0.29) is 11.2 Å². The van der Waals surface area contributed by atoms with Gasteiger partial charge in [0, 0.05) is 41.5 Å². The fourth-order valence-electron chi connectivity index (χ4n) is 2.81. The first-order valence-electron chi connectivity index (χ1n) is 9.02. The van der Waals surface area contributed by atoms with Gasteiger partial charge in [-0.15, -0.1) is 11.3 Å². The summed E-state index contributed by atoms with van der Waals surface area (Å²) < 4.78 is 13.3. The highest BCUT2D eigenvalue weighted by Crippen LogP contribution is 2.25. The van der Waals surface area contributed by atoms with Crippen LogP contribution in [-0.2, 0) is 18.4 Å². The summed E-state index contributed by atoms with van der Waals surface area (Å²) in [4.78, 5) is 12.1. The van der Waals surface area contributed by atoms with E-state index in [1.165, 1.54) is 12.1 Å². The standard InChI is InChI=1S/C20H26FN5S/c1-20(2,3)18-26-15(12-27-18)11-25-19(22-4)23-8-7-13-10-24-17-9-14(21)5-6-16(13)17/h5-6,9-10,12,24H,7-8,11H2,1-4H3,(H2,22,23,25). The highest BCUT2D eigenvalue weighted by molar-refractivity contribution is 7.09. The minimum Gasteiger partial charge on any atom is -0.361 e. The first kappa shape index (κ1) is 19.4. The zero-order chi connectivity index (χ0) is 19.4. The lowest BCUT2D eigenvalue weighted by atomic mass is 9.98. The van der Waals surface area contributed by atoms with Crippen LogP contribution in [0.1, 0.15) is 37.0 Å². The van der Waals surface area contributed by atoms with Crippen LogP contribution in [0.4, 0.5) is 4.39 Å². The Labute approximate surface area is 163 Å². The SMILES string of the molecule is CN=C(NCCc1c[nH]c2cc(F)ccc12)NCc1csc(C(C)(C)C)n1. The first-order valence-corrected chi connectivity index (χ1v) is 9.89. The van der Waals surface area contributed by atoms with Gasteiger partial charge in [0.15, 0.2) is 5.96 Å². The molecule has 0 radical (unpaired) electrons. The maximum atomic E-state index is 13.3. The molecule has 0 amide bonds. The Morgan fingerprint density at radius 3 is 2.81 bits per heavy atom. The molecule has 2 aromatic heterocycles. The molecule has 0 atom stereocenters. The second-order valence-electron chi connectivity index (χ2n) is 7.50. The number of thiazole rings is 1. The van der Waals surface area contributed by atoms with Gasteiger partial charge in [0.25, 0.3) is 0 Å². The molecule has 0 aliphatic carbocycles. The summed E-state index contributed by atoms with van der Waals surface area (Å²) >= 11 is 1.69. The van der Waals surface area contributed by atoms with Crippen LogP contribution in [0.15, 0.2) is 34.8 Å². The number of nitrogens with one attached hydrogen (secondary N) is 3. The van der Waals surface area contributed by atoms with Gasteiger partial charge in [-0.2, -0.15) is 0 Å². The minimum atomic E-state index is -0.227. The normalized spacial score (nSPS) is 12.6. The number of guanidine groups is 1. The molecular weight excluding hydrogens is 361 g/mol. The maximum Gasteiger partial charge on any atom is 0.191 e. The summed E-state index contributed by atoms with van der Waals surface area (Å²) in [6.07, 6.45) is 2.75. The summed E-state index contributed by atoms with van der Waals surface area (Å²) in [7, 11) is 1.76. The van der Waals surface area contributed by atoms with Crippen LogP contribution in [0.3, 0.4) is 0 Å². The maximum absolute atomic E-state index is 13.3. The Kier molecular flexibility index (Phi) is 5.79. The molecule has 0 saturated carbocycles. The van der Waals surface area contributed by atoms with Gasteiger partial charge in [0.1, 0.15) is 5.82 Å². The number of fused-ring (bicyclic) bond motifs is 1. The molecule has 0 fully saturated rings. The fourth-order valence-corrected chi connectivity index (χ4v) is 3.72. The van der Waals surface area contributed by atoms with Gasteiger partial charge in [-0.1, -0.05) is 20.8 Å². The van der Waals surface area contributed by atoms with Crippen LogP contribution < -0.4 is 10.6 Å². The largest absolute Gasteiger partial charge is 0.361 e. The third-order valence-corrected chi connectivity index (χ3v) is 5.59. The molecule has 1 aromatic carbocycles. The highest BCUT2D eigenvalue weighted by atomic mass is 32.1. The van der Waals surface area contributed by atoms with Crippen molar-refractivity contribution in [1.29, 1.82) is 0 Å². The van der Waals surface area contributed by atoms with Crippen molar-refractivity contribution in [3.63, 3.8) is 0 Å². The monoisotopic (exact) mass is 387 g/mol. The van der Waals surface area contributed by atoms with Crippen molar-refractivity contribution in [3.05, 3.63) is 51.9 Å². The van der Waals surface area contributed by atoms with Crippen LogP contribution in [0.25, 0.3) is 10.9 Å². The zero-order valence-electron chi connectivity index (χ0n) is 16.2. The van der Waals surface area contributed by atoms with Crippen LogP contribution in [-0.4, -0.2) is 29.5 Å². The predicted molar refractivity (Wildman–Crippen MR) is 111 cm³/mol. The number of hydrogen-bond acceptors (Lipinski definition) is 3. The summed E-state index contributed by atoms with van der Waals surface area (Å²) in [5.74, 6) is 0.515. The lowest BCUT2D eigenvalue weighted by Gasteiger charge is -2.14. The fraction of sp³-hybridized carbons (Fsp3) is 0.400. The van der Waals surface area contributed by atoms with Crippen molar-refractivity contribution in [1.82, 2.24) is 20.6 Å². The number of halogens is 1. The molecule has 7 heteroatoms. The summed E-state index contributed by atoms with van der Waals surface area (Å²) in [5.41, 5.74) is 3.07. The van der Waals surface area contributed by atoms with Crippen LogP contribution in [0, 0.1) is 5.82 Å². The lowest BCUT2D eigenvalue weighted by molar-refractivity contribution is 0.582. The van der Waals surface area contributed by atoms with Gasteiger partial charge < -0.3 is 15.6 Å². The van der Waals surface area contributed by atoms with E-state index in [9.17, 15) is 4.39 Å². The third-order valence-electron chi connectivity index (χ3n) is 4.27. The Hall–Kier alpha value is -2.41. The van der Waals surface area contributed by atoms with Gasteiger partial charge in [-0.05, 0) is 30.2 Å². The Bertz CT molecular complexity index is 935. The van der Waals surface area contributed by atoms with E-state index in [4.69, 9.17) is 0 Å². The summed E-state index contributed by atoms with van der Waals surface area (Å²) in [6, 6.07) is 4.83. The molecule has 0 aliphatic rings. The van der Waals surface area contributed by atoms with E-state index in [1.54, 1.807) is 18.4 Å². The number of aliphatic imine (C=N–C) groups is 1. The number of rotatable bonds is 5. The second-order valence-corrected chi connectivity index (χ2v) is 8.36. The van der Waals surface area contributed by atoms with Gasteiger partial charge >= 0.3 is 0 Å². The van der Waals surface area contributed by atoms with Gasteiger partial charge in [0.2, 0.25) is 0 Å². The first-order chi connectivity index (χ1) is 12.9. The number of nitrogens with zero attached hydrogens (tertiary/aromatic N) is 2. The topological polar surface area (TPSA) is 65.1 Å². The average Bonchev–Trinajstić information content (AvgIpc) is 3.24. The minimum absolute atomic E-state index is 0.0745. The van der Waals surface area contributed by atoms with E-state index in [0.717, 1.165) is 46.1 Å². The lowest BCUT2D eigenvalue weighted by Crippen LogP contribution is -2.37. The molecule has 3 rings (SSSR count). The molecule has 5 nitrogen and oxygen atoms in total. The number of aromatic nitrogens is 2. The van der Waals surface area contributed by atoms with E-state index in [1.807, 2.05) is 12.3 Å². The van der Waals surface area contributed by atoms with Crippen molar-refractivity contribution in [2.24, 2.45) is 4.99 Å². The average molecular weight is 388 g/mol. The van der Waals surface area contributed by atoms with E-state index >= 15 is 0 Å². The van der Waals surface area contributed by atoms with E-state index in [0.29, 0.717) is 6.54 Å². The molecule has 0 saturated heterocycles. The highest BCUT2D eigenvalue weighted by Gasteiger charge is 2.17. The van der Waals surface area contributed by atoms with Crippen molar-refractivity contribution < 1.29 is 4.39 Å². The smallest absolute Gasteiger partial charge is 0.191 e. The molecule has 0 spiro atoms. The van der Waals surface area contributed by atoms with Crippen molar-refractivity contribution in [2.45, 2.75) is 39.2 Å². The third kappa shape index (κ3) is 4.86. The van der Waals surface area contributed by atoms with Crippen LogP contribution >= 0.6 is 11.3 Å². The van der Waals surface area contributed by atoms with Gasteiger partial charge in [0.05, 0.1) is 17.2 Å². The van der Waals surface area contributed by atoms with Crippen molar-refractivity contribution in [3.8, 4) is 0 Å². The summed E-state index contributed by atoms with van der Waals surface area (Å²) in [5, 5.41) is 10.9. The number of benzene rings is 1. The van der Waals surface area contributed by atoms with Crippen molar-refractivity contribution in [2.75, 3.05) is 13.6 Å². The number of H-pyrrole nitrogens is 1. The van der Waals surface area contributed by atoms with Gasteiger partial charge in [-0.25, -0.2) is 9.37 Å². The van der Waals surface area contributed by atoms with E-state index in [2.05, 4.69) is 51.7 Å². The Balaban J connectivity index is 1.51. The molecule has 0 bridgehead atoms. The molecular formula is C20H26FN5S. The molecule has 2 heterocycles. The van der Waals surface area contributed by atoms with Crippen LogP contribution in [0.5, 0.6) is 0 Å². The Morgan fingerprint density at radius 2 is 2.11 bits per heavy atom. The van der Waals surface area contributed by atoms with Crippen LogP contribution in [0.2, 0.25) is 0 Å². The number of aromatic amines is 1. The van der Waals surface area contributed by atoms with Crippen molar-refractivity contribution >= 4 is 28.2 Å². The molecule has 0 unspecified atom stereocenters. The molecule has 3 aromatic rings. The number of hydrogen-bond donors (Lipinski definition) is 3. The second kappa shape index (κ2) is 8.08. The Morgan fingerprint density at radius 1 is 1.30 bits per heavy atom. The molecule has 144 valence electrons. The molecule has 0 aliphatic heterocycles. The predicted octanol–water partition coefficient (Wildman–Crippen LogP) is 3.97. The van der Waals surface area contributed by atoms with E-state index < -0.39 is 0 Å². The van der Waals surface area contributed by atoms with Gasteiger partial charge in [-0.3, -0.25) is 4.99 Å². The molecule has 27 heavy (non-hydrogen) atoms. The zero-order valence-corrected chi connectivity index (χ0v) is 17.0. The summed E-state index contributed by atoms with van der Waals surface area (Å²) in [6.45, 7) is 7.88. The molecule has 3 N–H and O–H groups in total.